The Morgan fingerprint density at radius 2 is 2.26 bits per heavy atom. The van der Waals surface area contributed by atoms with Crippen LogP contribution in [0.4, 0.5) is 10.5 Å². The first-order valence-electron chi connectivity index (χ1n) is 8.33. The second-order valence-electron chi connectivity index (χ2n) is 6.38. The smallest absolute Gasteiger partial charge is 0.321 e. The molecule has 1 aromatic heterocycles. The summed E-state index contributed by atoms with van der Waals surface area (Å²) in [6, 6.07) is 6.21. The third-order valence-electron chi connectivity index (χ3n) is 4.92. The van der Waals surface area contributed by atoms with E-state index in [0.717, 1.165) is 43.7 Å². The van der Waals surface area contributed by atoms with Crippen molar-refractivity contribution in [2.45, 2.75) is 38.0 Å². The van der Waals surface area contributed by atoms with E-state index in [0.29, 0.717) is 6.54 Å². The van der Waals surface area contributed by atoms with Crippen molar-refractivity contribution in [1.29, 1.82) is 0 Å². The van der Waals surface area contributed by atoms with Gasteiger partial charge in [0.05, 0.1) is 0 Å². The van der Waals surface area contributed by atoms with Crippen LogP contribution in [0.3, 0.4) is 0 Å². The average Bonchev–Trinajstić information content (AvgIpc) is 3.27. The van der Waals surface area contributed by atoms with Gasteiger partial charge in [-0.25, -0.2) is 9.78 Å². The number of hydrogen-bond acceptors (Lipinski definition) is 3. The van der Waals surface area contributed by atoms with Crippen molar-refractivity contribution < 1.29 is 4.79 Å². The summed E-state index contributed by atoms with van der Waals surface area (Å²) in [5.41, 5.74) is 3.66. The van der Waals surface area contributed by atoms with Crippen LogP contribution in [0.2, 0.25) is 0 Å². The zero-order valence-corrected chi connectivity index (χ0v) is 13.1. The van der Waals surface area contributed by atoms with Crippen molar-refractivity contribution in [2.75, 3.05) is 18.4 Å². The lowest BCUT2D eigenvalue weighted by molar-refractivity contribution is 0.191. The van der Waals surface area contributed by atoms with Gasteiger partial charge in [-0.3, -0.25) is 5.10 Å². The highest BCUT2D eigenvalue weighted by Crippen LogP contribution is 2.30. The van der Waals surface area contributed by atoms with Crippen molar-refractivity contribution in [2.24, 2.45) is 0 Å². The first-order valence-corrected chi connectivity index (χ1v) is 8.33. The van der Waals surface area contributed by atoms with Gasteiger partial charge in [-0.05, 0) is 49.3 Å². The van der Waals surface area contributed by atoms with Gasteiger partial charge in [-0.1, -0.05) is 12.1 Å². The number of rotatable bonds is 2. The third kappa shape index (κ3) is 2.81. The van der Waals surface area contributed by atoms with Crippen molar-refractivity contribution >= 4 is 11.7 Å². The normalized spacial score (nSPS) is 20.3. The number of amides is 2. The van der Waals surface area contributed by atoms with Crippen LogP contribution in [0, 0.1) is 0 Å². The van der Waals surface area contributed by atoms with E-state index in [-0.39, 0.29) is 11.9 Å². The molecule has 1 aromatic carbocycles. The molecule has 2 amide bonds. The zero-order valence-electron chi connectivity index (χ0n) is 13.1. The van der Waals surface area contributed by atoms with E-state index < -0.39 is 0 Å². The van der Waals surface area contributed by atoms with E-state index in [4.69, 9.17) is 0 Å². The monoisotopic (exact) mass is 311 g/mol. The lowest BCUT2D eigenvalue weighted by atomic mass is 9.98. The number of likely N-dealkylation sites (tertiary alicyclic amines) is 1. The summed E-state index contributed by atoms with van der Waals surface area (Å²) in [4.78, 5) is 18.8. The Bertz CT molecular complexity index is 697. The lowest BCUT2D eigenvalue weighted by Crippen LogP contribution is -2.42. The van der Waals surface area contributed by atoms with Crippen LogP contribution < -0.4 is 5.32 Å². The van der Waals surface area contributed by atoms with Gasteiger partial charge < -0.3 is 10.2 Å². The molecule has 6 nitrogen and oxygen atoms in total. The second kappa shape index (κ2) is 6.02. The minimum absolute atomic E-state index is 0.00508. The fraction of sp³-hybridized carbons (Fsp3) is 0.471. The van der Waals surface area contributed by atoms with E-state index in [1.54, 1.807) is 0 Å². The second-order valence-corrected chi connectivity index (χ2v) is 6.38. The maximum atomic E-state index is 12.7. The summed E-state index contributed by atoms with van der Waals surface area (Å²) >= 11 is 0. The molecule has 1 saturated heterocycles. The van der Waals surface area contributed by atoms with E-state index in [2.05, 4.69) is 26.6 Å². The number of carbonyl (C=O) groups is 1. The number of H-pyrrole nitrogens is 1. The van der Waals surface area contributed by atoms with Crippen LogP contribution in [0.5, 0.6) is 0 Å². The minimum atomic E-state index is -0.00508. The van der Waals surface area contributed by atoms with E-state index in [1.165, 1.54) is 23.9 Å². The molecule has 1 fully saturated rings. The quantitative estimate of drug-likeness (QED) is 0.895. The highest BCUT2D eigenvalue weighted by atomic mass is 16.2. The van der Waals surface area contributed by atoms with Gasteiger partial charge in [0, 0.05) is 24.7 Å². The molecule has 0 saturated carbocycles. The van der Waals surface area contributed by atoms with Gasteiger partial charge in [-0.15, -0.1) is 0 Å². The predicted molar refractivity (Wildman–Crippen MR) is 87.4 cm³/mol. The van der Waals surface area contributed by atoms with Crippen LogP contribution in [0.1, 0.15) is 42.1 Å². The van der Waals surface area contributed by atoms with E-state index >= 15 is 0 Å². The Morgan fingerprint density at radius 1 is 1.30 bits per heavy atom. The number of aryl methyl sites for hydroxylation is 1. The summed E-state index contributed by atoms with van der Waals surface area (Å²) < 4.78 is 0. The highest BCUT2D eigenvalue weighted by Gasteiger charge is 2.27. The van der Waals surface area contributed by atoms with Gasteiger partial charge in [-0.2, -0.15) is 5.10 Å². The predicted octanol–water partition coefficient (Wildman–Crippen LogP) is 2.70. The third-order valence-corrected chi connectivity index (χ3v) is 4.92. The van der Waals surface area contributed by atoms with E-state index in [1.807, 2.05) is 17.0 Å². The van der Waals surface area contributed by atoms with Crippen molar-refractivity contribution in [3.63, 3.8) is 0 Å². The molecule has 2 aromatic rings. The van der Waals surface area contributed by atoms with Crippen LogP contribution in [-0.4, -0.2) is 39.2 Å². The molecule has 2 aliphatic rings. The largest absolute Gasteiger partial charge is 0.324 e. The molecular weight excluding hydrogens is 290 g/mol. The Morgan fingerprint density at radius 3 is 3.13 bits per heavy atom. The standard InChI is InChI=1S/C17H21N5O/c23-17(20-15-8-2-5-12-4-1-7-14(12)15)22-9-3-6-13(10-22)16-18-11-19-21-16/h2,5,8,11,13H,1,3-4,6-7,9-10H2,(H,20,23)(H,18,19,21)/t13-/m0/s1. The number of fused-ring (bicyclic) bond motifs is 1. The fourth-order valence-electron chi connectivity index (χ4n) is 3.73. The van der Waals surface area contributed by atoms with Gasteiger partial charge in [0.1, 0.15) is 12.2 Å². The number of aromatic nitrogens is 3. The van der Waals surface area contributed by atoms with Gasteiger partial charge in [0.15, 0.2) is 0 Å². The Kier molecular flexibility index (Phi) is 3.73. The molecule has 2 heterocycles. The molecule has 2 N–H and O–H groups in total. The molecule has 1 aliphatic heterocycles. The van der Waals surface area contributed by atoms with Crippen molar-refractivity contribution in [3.05, 3.63) is 41.5 Å². The van der Waals surface area contributed by atoms with Gasteiger partial charge >= 0.3 is 6.03 Å². The molecule has 0 spiro atoms. The molecular formula is C17H21N5O. The fourth-order valence-corrected chi connectivity index (χ4v) is 3.73. The molecule has 120 valence electrons. The zero-order chi connectivity index (χ0) is 15.6. The van der Waals surface area contributed by atoms with Crippen LogP contribution >= 0.6 is 0 Å². The molecule has 6 heteroatoms. The Hall–Kier alpha value is -2.37. The molecule has 4 rings (SSSR count). The number of hydrogen-bond donors (Lipinski definition) is 2. The number of anilines is 1. The van der Waals surface area contributed by atoms with Crippen molar-refractivity contribution in [1.82, 2.24) is 20.1 Å². The minimum Gasteiger partial charge on any atom is -0.324 e. The SMILES string of the molecule is O=C(Nc1cccc2c1CCC2)N1CCC[C@H](c2ncn[nH]2)C1. The first kappa shape index (κ1) is 14.2. The van der Waals surface area contributed by atoms with E-state index in [9.17, 15) is 4.79 Å². The number of benzene rings is 1. The maximum absolute atomic E-state index is 12.7. The Balaban J connectivity index is 1.46. The summed E-state index contributed by atoms with van der Waals surface area (Å²) in [5.74, 6) is 1.13. The van der Waals surface area contributed by atoms with Gasteiger partial charge in [0.25, 0.3) is 0 Å². The maximum Gasteiger partial charge on any atom is 0.321 e. The molecule has 0 radical (unpaired) electrons. The van der Waals surface area contributed by atoms with Crippen LogP contribution in [0.25, 0.3) is 0 Å². The first-order chi connectivity index (χ1) is 11.3. The van der Waals surface area contributed by atoms with Gasteiger partial charge in [0.2, 0.25) is 0 Å². The van der Waals surface area contributed by atoms with Crippen LogP contribution in [0.15, 0.2) is 24.5 Å². The summed E-state index contributed by atoms with van der Waals surface area (Å²) in [6.07, 6.45) is 6.93. The van der Waals surface area contributed by atoms with Crippen LogP contribution in [-0.2, 0) is 12.8 Å². The number of nitrogens with zero attached hydrogens (tertiary/aromatic N) is 3. The summed E-state index contributed by atoms with van der Waals surface area (Å²) in [7, 11) is 0. The highest BCUT2D eigenvalue weighted by molar-refractivity contribution is 5.90. The number of piperidine rings is 1. The lowest BCUT2D eigenvalue weighted by Gasteiger charge is -2.31. The summed E-state index contributed by atoms with van der Waals surface area (Å²) in [5, 5.41) is 9.97. The summed E-state index contributed by atoms with van der Waals surface area (Å²) in [6.45, 7) is 1.49. The molecule has 1 atom stereocenters. The number of carbonyl (C=O) groups excluding carboxylic acids is 1. The number of nitrogens with one attached hydrogen (secondary N) is 2. The van der Waals surface area contributed by atoms with Crippen molar-refractivity contribution in [3.8, 4) is 0 Å². The number of aromatic amines is 1. The Labute approximate surface area is 135 Å². The topological polar surface area (TPSA) is 73.9 Å². The average molecular weight is 311 g/mol. The molecule has 1 aliphatic carbocycles. The molecule has 0 bridgehead atoms. The molecule has 23 heavy (non-hydrogen) atoms. The number of urea groups is 1. The molecule has 0 unspecified atom stereocenters.